The molecule has 0 spiro atoms. The van der Waals surface area contributed by atoms with Crippen LogP contribution in [0.4, 0.5) is 0 Å². The molecule has 120 valence electrons. The maximum absolute atomic E-state index is 11.4. The largest absolute Gasteiger partial charge is 0.380 e. The van der Waals surface area contributed by atoms with Crippen molar-refractivity contribution in [3.05, 3.63) is 114 Å². The monoisotopic (exact) mass is 332 g/mol. The van der Waals surface area contributed by atoms with Crippen molar-refractivity contribution in [2.75, 3.05) is 0 Å². The molecule has 2 heteroatoms. The Morgan fingerprint density at radius 1 is 0.708 bits per heavy atom. The van der Waals surface area contributed by atoms with Gasteiger partial charge in [-0.3, -0.25) is 0 Å². The third-order valence-corrected chi connectivity index (χ3v) is 4.83. The van der Waals surface area contributed by atoms with Gasteiger partial charge in [0.25, 0.3) is 0 Å². The fraction of sp³-hybridized carbons (Fsp3) is 0.0909. The van der Waals surface area contributed by atoms with E-state index >= 15 is 0 Å². The third-order valence-electron chi connectivity index (χ3n) is 3.96. The molecule has 0 amide bonds. The first kappa shape index (κ1) is 16.6. The zero-order chi connectivity index (χ0) is 16.7. The summed E-state index contributed by atoms with van der Waals surface area (Å²) in [4.78, 5) is 1.19. The first-order valence-electron chi connectivity index (χ1n) is 7.99. The molecule has 0 radical (unpaired) electrons. The van der Waals surface area contributed by atoms with E-state index in [1.54, 1.807) is 11.8 Å². The van der Waals surface area contributed by atoms with Crippen LogP contribution in [0.2, 0.25) is 0 Å². The minimum atomic E-state index is -1.02. The Morgan fingerprint density at radius 2 is 1.17 bits per heavy atom. The van der Waals surface area contributed by atoms with Crippen molar-refractivity contribution in [1.29, 1.82) is 0 Å². The first-order valence-corrected chi connectivity index (χ1v) is 8.87. The van der Waals surface area contributed by atoms with Crippen LogP contribution in [-0.2, 0) is 5.60 Å². The van der Waals surface area contributed by atoms with E-state index in [1.807, 2.05) is 90.3 Å². The molecule has 24 heavy (non-hydrogen) atoms. The maximum Gasteiger partial charge on any atom is 0.118 e. The zero-order valence-corrected chi connectivity index (χ0v) is 14.2. The second kappa shape index (κ2) is 8.00. The Balaban J connectivity index is 1.81. The predicted octanol–water partition coefficient (Wildman–Crippen LogP) is 5.62. The molecule has 0 unspecified atom stereocenters. The molecule has 0 aliphatic carbocycles. The summed E-state index contributed by atoms with van der Waals surface area (Å²) in [5, 5.41) is 13.4. The normalized spacial score (nSPS) is 11.7. The lowest BCUT2D eigenvalue weighted by atomic mass is 9.84. The van der Waals surface area contributed by atoms with Crippen molar-refractivity contribution < 1.29 is 5.11 Å². The van der Waals surface area contributed by atoms with Crippen LogP contribution >= 0.6 is 11.8 Å². The van der Waals surface area contributed by atoms with Gasteiger partial charge in [-0.25, -0.2) is 0 Å². The minimum absolute atomic E-state index is 0.529. The van der Waals surface area contributed by atoms with E-state index in [0.29, 0.717) is 6.42 Å². The highest BCUT2D eigenvalue weighted by Crippen LogP contribution is 2.33. The van der Waals surface area contributed by atoms with Crippen molar-refractivity contribution in [3.63, 3.8) is 0 Å². The summed E-state index contributed by atoms with van der Waals surface area (Å²) >= 11 is 1.66. The Hall–Kier alpha value is -2.29. The van der Waals surface area contributed by atoms with Crippen molar-refractivity contribution in [1.82, 2.24) is 0 Å². The van der Waals surface area contributed by atoms with Crippen LogP contribution in [-0.4, -0.2) is 5.11 Å². The number of rotatable bonds is 6. The standard InChI is InChI=1S/C22H20OS/c23-22(19-11-4-1-5-12-19,20-13-6-2-7-14-20)17-10-18-24-21-15-8-3-9-16-21/h1-16,18,23H,17H2/b18-10+. The molecule has 0 saturated heterocycles. The topological polar surface area (TPSA) is 20.2 Å². The van der Waals surface area contributed by atoms with E-state index in [0.717, 1.165) is 11.1 Å². The van der Waals surface area contributed by atoms with Gasteiger partial charge in [0, 0.05) is 11.3 Å². The SMILES string of the molecule is OC(C/C=C/Sc1ccccc1)(c1ccccc1)c1ccccc1. The van der Waals surface area contributed by atoms with E-state index in [1.165, 1.54) is 4.90 Å². The van der Waals surface area contributed by atoms with Gasteiger partial charge in [-0.2, -0.15) is 0 Å². The average molecular weight is 332 g/mol. The summed E-state index contributed by atoms with van der Waals surface area (Å²) in [6.07, 6.45) is 2.57. The van der Waals surface area contributed by atoms with Gasteiger partial charge in [0.2, 0.25) is 0 Å². The molecule has 0 aliphatic rings. The number of hydrogen-bond donors (Lipinski definition) is 1. The molecule has 1 N–H and O–H groups in total. The minimum Gasteiger partial charge on any atom is -0.380 e. The third kappa shape index (κ3) is 3.97. The van der Waals surface area contributed by atoms with Crippen LogP contribution in [0, 0.1) is 0 Å². The lowest BCUT2D eigenvalue weighted by Gasteiger charge is -2.28. The summed E-state index contributed by atoms with van der Waals surface area (Å²) in [6.45, 7) is 0. The van der Waals surface area contributed by atoms with Gasteiger partial charge in [0.15, 0.2) is 0 Å². The molecular weight excluding hydrogens is 312 g/mol. The van der Waals surface area contributed by atoms with Crippen LogP contribution in [0.15, 0.2) is 107 Å². The molecule has 0 bridgehead atoms. The van der Waals surface area contributed by atoms with Crippen molar-refractivity contribution in [2.24, 2.45) is 0 Å². The van der Waals surface area contributed by atoms with E-state index in [9.17, 15) is 5.11 Å². The lowest BCUT2D eigenvalue weighted by Crippen LogP contribution is -2.26. The number of benzene rings is 3. The highest BCUT2D eigenvalue weighted by Gasteiger charge is 2.29. The van der Waals surface area contributed by atoms with E-state index < -0.39 is 5.60 Å². The number of aliphatic hydroxyl groups is 1. The second-order valence-electron chi connectivity index (χ2n) is 5.60. The lowest BCUT2D eigenvalue weighted by molar-refractivity contribution is 0.0842. The first-order chi connectivity index (χ1) is 11.8. The summed E-state index contributed by atoms with van der Waals surface area (Å²) in [7, 11) is 0. The Morgan fingerprint density at radius 3 is 1.67 bits per heavy atom. The molecule has 3 rings (SSSR count). The molecule has 0 aliphatic heterocycles. The fourth-order valence-corrected chi connectivity index (χ4v) is 3.34. The van der Waals surface area contributed by atoms with Crippen molar-refractivity contribution >= 4 is 11.8 Å². The van der Waals surface area contributed by atoms with Gasteiger partial charge < -0.3 is 5.11 Å². The van der Waals surface area contributed by atoms with Crippen LogP contribution < -0.4 is 0 Å². The predicted molar refractivity (Wildman–Crippen MR) is 102 cm³/mol. The highest BCUT2D eigenvalue weighted by atomic mass is 32.2. The molecule has 0 atom stereocenters. The smallest absolute Gasteiger partial charge is 0.118 e. The van der Waals surface area contributed by atoms with Gasteiger partial charge in [-0.15, -0.1) is 0 Å². The summed E-state index contributed by atoms with van der Waals surface area (Å²) in [5.41, 5.74) is 0.798. The Labute approximate surface area is 147 Å². The maximum atomic E-state index is 11.4. The number of thioether (sulfide) groups is 1. The Bertz CT molecular complexity index is 727. The highest BCUT2D eigenvalue weighted by molar-refractivity contribution is 8.02. The van der Waals surface area contributed by atoms with E-state index in [2.05, 4.69) is 12.1 Å². The summed E-state index contributed by atoms with van der Waals surface area (Å²) in [6, 6.07) is 29.9. The molecule has 3 aromatic carbocycles. The van der Waals surface area contributed by atoms with Gasteiger partial charge in [-0.1, -0.05) is 96.7 Å². The zero-order valence-electron chi connectivity index (χ0n) is 13.4. The van der Waals surface area contributed by atoms with Crippen molar-refractivity contribution in [2.45, 2.75) is 16.9 Å². The summed E-state index contributed by atoms with van der Waals surface area (Å²) < 4.78 is 0. The van der Waals surface area contributed by atoms with Crippen molar-refractivity contribution in [3.8, 4) is 0 Å². The van der Waals surface area contributed by atoms with Crippen LogP contribution in [0.3, 0.4) is 0 Å². The fourth-order valence-electron chi connectivity index (χ4n) is 2.67. The van der Waals surface area contributed by atoms with Crippen LogP contribution in [0.25, 0.3) is 0 Å². The number of hydrogen-bond acceptors (Lipinski definition) is 2. The van der Waals surface area contributed by atoms with E-state index in [-0.39, 0.29) is 0 Å². The molecule has 0 fully saturated rings. The quantitative estimate of drug-likeness (QED) is 0.591. The molecule has 0 saturated carbocycles. The van der Waals surface area contributed by atoms with Gasteiger partial charge in [0.05, 0.1) is 0 Å². The summed E-state index contributed by atoms with van der Waals surface area (Å²) in [5.74, 6) is 0. The van der Waals surface area contributed by atoms with Gasteiger partial charge in [-0.05, 0) is 28.7 Å². The molecule has 0 aromatic heterocycles. The molecule has 3 aromatic rings. The second-order valence-corrected chi connectivity index (χ2v) is 6.58. The van der Waals surface area contributed by atoms with Crippen LogP contribution in [0.1, 0.15) is 17.5 Å². The Kier molecular flexibility index (Phi) is 5.52. The molecular formula is C22H20OS. The average Bonchev–Trinajstić information content (AvgIpc) is 2.67. The van der Waals surface area contributed by atoms with Gasteiger partial charge >= 0.3 is 0 Å². The van der Waals surface area contributed by atoms with Crippen LogP contribution in [0.5, 0.6) is 0 Å². The molecule has 0 heterocycles. The van der Waals surface area contributed by atoms with E-state index in [4.69, 9.17) is 0 Å². The van der Waals surface area contributed by atoms with Gasteiger partial charge in [0.1, 0.15) is 5.60 Å². The molecule has 1 nitrogen and oxygen atoms in total.